The highest BCUT2D eigenvalue weighted by molar-refractivity contribution is 5.91. The molecule has 3 aromatic rings. The number of carbonyl (C=O) groups is 1. The van der Waals surface area contributed by atoms with Crippen LogP contribution in [0.1, 0.15) is 6.92 Å². The number of pyridine rings is 1. The molecule has 0 aliphatic carbocycles. The molecule has 0 unspecified atom stereocenters. The molecule has 4 rings (SSSR count). The summed E-state index contributed by atoms with van der Waals surface area (Å²) >= 11 is 0. The number of piperazine rings is 1. The molecule has 1 amide bonds. The minimum atomic E-state index is 0.0405. The molecule has 0 atom stereocenters. The quantitative estimate of drug-likeness (QED) is 0.789. The molecule has 6 heteroatoms. The highest BCUT2D eigenvalue weighted by Gasteiger charge is 2.24. The van der Waals surface area contributed by atoms with E-state index in [1.165, 1.54) is 0 Å². The molecule has 1 saturated heterocycles. The van der Waals surface area contributed by atoms with Crippen LogP contribution in [-0.2, 0) is 0 Å². The van der Waals surface area contributed by atoms with Crippen molar-refractivity contribution in [1.82, 2.24) is 14.5 Å². The summed E-state index contributed by atoms with van der Waals surface area (Å²) < 4.78 is 1.75. The summed E-state index contributed by atoms with van der Waals surface area (Å²) in [7, 11) is 0. The van der Waals surface area contributed by atoms with Gasteiger partial charge in [-0.1, -0.05) is 18.2 Å². The number of amides is 1. The molecule has 1 aliphatic heterocycles. The van der Waals surface area contributed by atoms with E-state index in [2.05, 4.69) is 28.2 Å². The predicted octanol–water partition coefficient (Wildman–Crippen LogP) is 3.26. The van der Waals surface area contributed by atoms with Gasteiger partial charge in [0.15, 0.2) is 5.82 Å². The molecule has 6 nitrogen and oxygen atoms in total. The molecule has 1 aliphatic rings. The maximum absolute atomic E-state index is 12.9. The van der Waals surface area contributed by atoms with Crippen molar-refractivity contribution in [2.45, 2.75) is 6.92 Å². The molecule has 1 aromatic carbocycles. The van der Waals surface area contributed by atoms with Crippen LogP contribution in [0.2, 0.25) is 0 Å². The third-order valence-electron chi connectivity index (χ3n) is 4.81. The van der Waals surface area contributed by atoms with Gasteiger partial charge in [-0.25, -0.2) is 9.78 Å². The van der Waals surface area contributed by atoms with Gasteiger partial charge < -0.3 is 15.1 Å². The van der Waals surface area contributed by atoms with E-state index in [1.807, 2.05) is 53.7 Å². The van der Waals surface area contributed by atoms with Crippen LogP contribution in [0.25, 0.3) is 10.9 Å². The lowest BCUT2D eigenvalue weighted by Crippen LogP contribution is -2.50. The van der Waals surface area contributed by atoms with Crippen molar-refractivity contribution >= 4 is 28.4 Å². The van der Waals surface area contributed by atoms with E-state index in [0.29, 0.717) is 13.1 Å². The second-order valence-corrected chi connectivity index (χ2v) is 6.41. The van der Waals surface area contributed by atoms with Gasteiger partial charge in [0.05, 0.1) is 11.2 Å². The molecular formula is C20H23N5O. The third-order valence-corrected chi connectivity index (χ3v) is 4.81. The molecule has 1 fully saturated rings. The number of fused-ring (bicyclic) bond motifs is 1. The first-order valence-electron chi connectivity index (χ1n) is 9.07. The summed E-state index contributed by atoms with van der Waals surface area (Å²) in [5, 5.41) is 4.45. The number of para-hydroxylation sites is 1. The number of hydrogen-bond donors (Lipinski definition) is 1. The minimum Gasteiger partial charge on any atom is -0.382 e. The molecule has 0 radical (unpaired) electrons. The molecule has 0 spiro atoms. The Morgan fingerprint density at radius 1 is 1.08 bits per heavy atom. The highest BCUT2D eigenvalue weighted by atomic mass is 16.2. The summed E-state index contributed by atoms with van der Waals surface area (Å²) in [4.78, 5) is 21.6. The van der Waals surface area contributed by atoms with Gasteiger partial charge in [0.25, 0.3) is 0 Å². The molecule has 3 heterocycles. The zero-order chi connectivity index (χ0) is 17.9. The van der Waals surface area contributed by atoms with Gasteiger partial charge in [0, 0.05) is 50.5 Å². The Morgan fingerprint density at radius 3 is 2.69 bits per heavy atom. The van der Waals surface area contributed by atoms with E-state index < -0.39 is 0 Å². The number of anilines is 2. The zero-order valence-corrected chi connectivity index (χ0v) is 14.9. The summed E-state index contributed by atoms with van der Waals surface area (Å²) in [5.74, 6) is 0.966. The van der Waals surface area contributed by atoms with Crippen LogP contribution in [0.5, 0.6) is 0 Å². The summed E-state index contributed by atoms with van der Waals surface area (Å²) in [6.07, 6.45) is 3.68. The SMILES string of the molecule is CCNc1cccnc1N1CCN(C(=O)n2ccc3ccccc32)CC1. The number of nitrogens with zero attached hydrogens (tertiary/aromatic N) is 4. The lowest BCUT2D eigenvalue weighted by atomic mass is 10.2. The van der Waals surface area contributed by atoms with Crippen LogP contribution in [0.3, 0.4) is 0 Å². The zero-order valence-electron chi connectivity index (χ0n) is 14.9. The lowest BCUT2D eigenvalue weighted by molar-refractivity contribution is 0.197. The first-order chi connectivity index (χ1) is 12.8. The summed E-state index contributed by atoms with van der Waals surface area (Å²) in [6, 6.07) is 14.0. The summed E-state index contributed by atoms with van der Waals surface area (Å²) in [5.41, 5.74) is 2.00. The fraction of sp³-hybridized carbons (Fsp3) is 0.300. The number of nitrogens with one attached hydrogen (secondary N) is 1. The number of aromatic nitrogens is 2. The number of benzene rings is 1. The Bertz CT molecular complexity index is 911. The highest BCUT2D eigenvalue weighted by Crippen LogP contribution is 2.24. The van der Waals surface area contributed by atoms with Crippen molar-refractivity contribution in [3.05, 3.63) is 54.9 Å². The van der Waals surface area contributed by atoms with Crippen molar-refractivity contribution < 1.29 is 4.79 Å². The largest absolute Gasteiger partial charge is 0.382 e. The molecule has 26 heavy (non-hydrogen) atoms. The molecule has 0 bridgehead atoms. The fourth-order valence-corrected chi connectivity index (χ4v) is 3.49. The van der Waals surface area contributed by atoms with Crippen LogP contribution in [0.4, 0.5) is 16.3 Å². The van der Waals surface area contributed by atoms with E-state index in [-0.39, 0.29) is 6.03 Å². The third kappa shape index (κ3) is 2.98. The van der Waals surface area contributed by atoms with Crippen molar-refractivity contribution in [3.63, 3.8) is 0 Å². The maximum atomic E-state index is 12.9. The fourth-order valence-electron chi connectivity index (χ4n) is 3.49. The average molecular weight is 349 g/mol. The van der Waals surface area contributed by atoms with Crippen LogP contribution in [0.15, 0.2) is 54.9 Å². The Labute approximate surface area is 153 Å². The van der Waals surface area contributed by atoms with Crippen LogP contribution < -0.4 is 10.2 Å². The predicted molar refractivity (Wildman–Crippen MR) is 105 cm³/mol. The normalized spacial score (nSPS) is 14.7. The Morgan fingerprint density at radius 2 is 1.88 bits per heavy atom. The van der Waals surface area contributed by atoms with Gasteiger partial charge >= 0.3 is 6.03 Å². The monoisotopic (exact) mass is 349 g/mol. The van der Waals surface area contributed by atoms with Gasteiger partial charge in [-0.3, -0.25) is 4.57 Å². The van der Waals surface area contributed by atoms with E-state index in [0.717, 1.165) is 42.0 Å². The van der Waals surface area contributed by atoms with E-state index in [1.54, 1.807) is 4.57 Å². The number of carbonyl (C=O) groups excluding carboxylic acids is 1. The Kier molecular flexibility index (Phi) is 4.48. The van der Waals surface area contributed by atoms with Crippen molar-refractivity contribution in [2.24, 2.45) is 0 Å². The van der Waals surface area contributed by atoms with Gasteiger partial charge in [-0.2, -0.15) is 0 Å². The lowest BCUT2D eigenvalue weighted by Gasteiger charge is -2.36. The van der Waals surface area contributed by atoms with E-state index in [9.17, 15) is 4.79 Å². The van der Waals surface area contributed by atoms with Crippen LogP contribution in [0, 0.1) is 0 Å². The smallest absolute Gasteiger partial charge is 0.328 e. The van der Waals surface area contributed by atoms with Gasteiger partial charge in [-0.15, -0.1) is 0 Å². The molecule has 134 valence electrons. The first-order valence-corrected chi connectivity index (χ1v) is 9.07. The number of rotatable bonds is 3. The van der Waals surface area contributed by atoms with Gasteiger partial charge in [0.2, 0.25) is 0 Å². The molecule has 2 aromatic heterocycles. The number of hydrogen-bond acceptors (Lipinski definition) is 4. The molecular weight excluding hydrogens is 326 g/mol. The first kappa shape index (κ1) is 16.4. The topological polar surface area (TPSA) is 53.4 Å². The van der Waals surface area contributed by atoms with E-state index >= 15 is 0 Å². The Hall–Kier alpha value is -3.02. The second kappa shape index (κ2) is 7.07. The van der Waals surface area contributed by atoms with Crippen molar-refractivity contribution in [2.75, 3.05) is 42.9 Å². The molecule has 0 saturated carbocycles. The van der Waals surface area contributed by atoms with Gasteiger partial charge in [0.1, 0.15) is 0 Å². The van der Waals surface area contributed by atoms with Crippen molar-refractivity contribution in [1.29, 1.82) is 0 Å². The van der Waals surface area contributed by atoms with E-state index in [4.69, 9.17) is 0 Å². The van der Waals surface area contributed by atoms with Crippen molar-refractivity contribution in [3.8, 4) is 0 Å². The molecule has 1 N–H and O–H groups in total. The second-order valence-electron chi connectivity index (χ2n) is 6.41. The minimum absolute atomic E-state index is 0.0405. The summed E-state index contributed by atoms with van der Waals surface area (Å²) in [6.45, 7) is 5.87. The Balaban J connectivity index is 1.48. The van der Waals surface area contributed by atoms with Crippen LogP contribution >= 0.6 is 0 Å². The van der Waals surface area contributed by atoms with Gasteiger partial charge in [-0.05, 0) is 31.2 Å². The maximum Gasteiger partial charge on any atom is 0.328 e. The van der Waals surface area contributed by atoms with Crippen LogP contribution in [-0.4, -0.2) is 53.2 Å². The average Bonchev–Trinajstić information content (AvgIpc) is 3.12. The standard InChI is InChI=1S/C20H23N5O/c1-2-21-17-7-5-10-22-19(17)23-12-14-24(15-13-23)20(26)25-11-9-16-6-3-4-8-18(16)25/h3-11,21H,2,12-15H2,1H3.